The molecule has 0 saturated carbocycles. The highest BCUT2D eigenvalue weighted by Gasteiger charge is 2.03. The average Bonchev–Trinajstić information content (AvgIpc) is 3.19. The number of aromatic nitrogens is 2. The second-order valence-corrected chi connectivity index (χ2v) is 6.41. The molecule has 0 fully saturated rings. The molecule has 0 unspecified atom stereocenters. The molecule has 1 aliphatic heterocycles. The SMILES string of the molecule is CC(=O)OCCN(CCO)CCO.CC1=NCCN1.Cc1nc(C)n(C)c1C. The molecule has 2 heterocycles. The molecule has 0 bridgehead atoms. The van der Waals surface area contributed by atoms with Gasteiger partial charge in [0, 0.05) is 45.8 Å². The average molecular weight is 400 g/mol. The Bertz CT molecular complexity index is 573. The molecule has 0 atom stereocenters. The van der Waals surface area contributed by atoms with Crippen LogP contribution in [0.2, 0.25) is 0 Å². The Labute approximate surface area is 168 Å². The lowest BCUT2D eigenvalue weighted by molar-refractivity contribution is -0.141. The predicted octanol–water partition coefficient (Wildman–Crippen LogP) is 0.189. The molecule has 1 aliphatic rings. The molecule has 162 valence electrons. The number of ether oxygens (including phenoxy) is 1. The van der Waals surface area contributed by atoms with Crippen LogP contribution < -0.4 is 5.32 Å². The van der Waals surface area contributed by atoms with Gasteiger partial charge in [0.1, 0.15) is 12.4 Å². The van der Waals surface area contributed by atoms with Crippen LogP contribution in [0.25, 0.3) is 0 Å². The van der Waals surface area contributed by atoms with Crippen LogP contribution in [-0.4, -0.2) is 89.0 Å². The zero-order chi connectivity index (χ0) is 21.5. The summed E-state index contributed by atoms with van der Waals surface area (Å²) in [5.41, 5.74) is 2.39. The van der Waals surface area contributed by atoms with E-state index < -0.39 is 0 Å². The number of carbonyl (C=O) groups is 1. The van der Waals surface area contributed by atoms with Gasteiger partial charge in [-0.1, -0.05) is 0 Å². The van der Waals surface area contributed by atoms with Crippen molar-refractivity contribution in [2.75, 3.05) is 52.5 Å². The first-order valence-electron chi connectivity index (χ1n) is 9.51. The van der Waals surface area contributed by atoms with Gasteiger partial charge in [-0.15, -0.1) is 0 Å². The summed E-state index contributed by atoms with van der Waals surface area (Å²) in [6.45, 7) is 13.4. The standard InChI is InChI=1S/C8H17NO4.C7H12N2.C4H8N2/c1-8(12)13-7-4-9(2-5-10)3-6-11;1-5-6(2)9(4)7(3)8-5;1-4-5-2-3-6-4/h10-11H,2-7H2,1H3;1-4H3;2-3H2,1H3,(H,5,6). The lowest BCUT2D eigenvalue weighted by atomic mass is 10.4. The highest BCUT2D eigenvalue weighted by Crippen LogP contribution is 2.05. The van der Waals surface area contributed by atoms with Gasteiger partial charge in [0.2, 0.25) is 0 Å². The normalized spacial score (nSPS) is 12.4. The summed E-state index contributed by atoms with van der Waals surface area (Å²) in [4.78, 5) is 20.5. The Morgan fingerprint density at radius 3 is 2.04 bits per heavy atom. The molecule has 2 rings (SSSR count). The zero-order valence-corrected chi connectivity index (χ0v) is 18.2. The first-order valence-corrected chi connectivity index (χ1v) is 9.51. The van der Waals surface area contributed by atoms with Crippen LogP contribution in [0.3, 0.4) is 0 Å². The number of esters is 1. The second kappa shape index (κ2) is 15.0. The molecule has 0 saturated heterocycles. The topological polar surface area (TPSA) is 112 Å². The Hall–Kier alpha value is -1.97. The lowest BCUT2D eigenvalue weighted by Gasteiger charge is -2.19. The molecule has 9 nitrogen and oxygen atoms in total. The number of aliphatic hydroxyl groups excluding tert-OH is 2. The smallest absolute Gasteiger partial charge is 0.302 e. The van der Waals surface area contributed by atoms with E-state index in [1.54, 1.807) is 0 Å². The molecule has 0 amide bonds. The van der Waals surface area contributed by atoms with Crippen LogP contribution in [0.5, 0.6) is 0 Å². The molecular formula is C19H37N5O4. The molecule has 0 spiro atoms. The second-order valence-electron chi connectivity index (χ2n) is 6.41. The van der Waals surface area contributed by atoms with Crippen molar-refractivity contribution in [2.45, 2.75) is 34.6 Å². The van der Waals surface area contributed by atoms with Crippen LogP contribution in [0.1, 0.15) is 31.1 Å². The van der Waals surface area contributed by atoms with E-state index in [1.165, 1.54) is 12.6 Å². The fourth-order valence-electron chi connectivity index (χ4n) is 2.34. The van der Waals surface area contributed by atoms with Crippen molar-refractivity contribution in [3.05, 3.63) is 17.2 Å². The van der Waals surface area contributed by atoms with E-state index in [0.29, 0.717) is 26.2 Å². The van der Waals surface area contributed by atoms with E-state index in [1.807, 2.05) is 32.7 Å². The Balaban J connectivity index is 0.000000418. The number of nitrogens with zero attached hydrogens (tertiary/aromatic N) is 4. The van der Waals surface area contributed by atoms with Gasteiger partial charge in [-0.2, -0.15) is 0 Å². The summed E-state index contributed by atoms with van der Waals surface area (Å²) in [6, 6.07) is 0. The quantitative estimate of drug-likeness (QED) is 0.561. The van der Waals surface area contributed by atoms with Crippen LogP contribution in [0.4, 0.5) is 0 Å². The van der Waals surface area contributed by atoms with Gasteiger partial charge in [0.15, 0.2) is 0 Å². The third-order valence-electron chi connectivity index (χ3n) is 4.23. The minimum absolute atomic E-state index is 0.0417. The monoisotopic (exact) mass is 399 g/mol. The summed E-state index contributed by atoms with van der Waals surface area (Å²) in [7, 11) is 2.03. The third kappa shape index (κ3) is 11.7. The molecule has 3 N–H and O–H groups in total. The summed E-state index contributed by atoms with van der Waals surface area (Å²) in [5, 5.41) is 20.4. The first-order chi connectivity index (χ1) is 13.2. The number of nitrogens with one attached hydrogen (secondary N) is 1. The van der Waals surface area contributed by atoms with Crippen molar-refractivity contribution in [3.8, 4) is 0 Å². The van der Waals surface area contributed by atoms with Crippen LogP contribution >= 0.6 is 0 Å². The molecule has 1 aromatic heterocycles. The van der Waals surface area contributed by atoms with E-state index in [9.17, 15) is 4.79 Å². The summed E-state index contributed by atoms with van der Waals surface area (Å²) < 4.78 is 6.81. The lowest BCUT2D eigenvalue weighted by Crippen LogP contribution is -2.33. The molecule has 0 radical (unpaired) electrons. The largest absolute Gasteiger partial charge is 0.465 e. The van der Waals surface area contributed by atoms with Gasteiger partial charge < -0.3 is 24.8 Å². The van der Waals surface area contributed by atoms with Gasteiger partial charge in [-0.05, 0) is 27.7 Å². The Morgan fingerprint density at radius 1 is 1.18 bits per heavy atom. The fourth-order valence-corrected chi connectivity index (χ4v) is 2.34. The van der Waals surface area contributed by atoms with Gasteiger partial charge in [-0.3, -0.25) is 14.7 Å². The van der Waals surface area contributed by atoms with Crippen LogP contribution in [0.15, 0.2) is 4.99 Å². The molecule has 9 heteroatoms. The number of rotatable bonds is 7. The number of aliphatic imine (C=N–C) groups is 1. The van der Waals surface area contributed by atoms with Gasteiger partial charge >= 0.3 is 5.97 Å². The van der Waals surface area contributed by atoms with E-state index in [4.69, 9.17) is 14.9 Å². The van der Waals surface area contributed by atoms with Crippen molar-refractivity contribution >= 4 is 11.8 Å². The number of carbonyl (C=O) groups excluding carboxylic acids is 1. The van der Waals surface area contributed by atoms with Crippen LogP contribution in [0, 0.1) is 20.8 Å². The number of aliphatic hydroxyl groups is 2. The highest BCUT2D eigenvalue weighted by molar-refractivity contribution is 5.80. The third-order valence-corrected chi connectivity index (χ3v) is 4.23. The molecule has 0 aliphatic carbocycles. The molecule has 0 aromatic carbocycles. The predicted molar refractivity (Wildman–Crippen MR) is 111 cm³/mol. The number of hydrogen-bond acceptors (Lipinski definition) is 8. The Morgan fingerprint density at radius 2 is 1.79 bits per heavy atom. The summed E-state index contributed by atoms with van der Waals surface area (Å²) >= 11 is 0. The number of amidine groups is 1. The van der Waals surface area contributed by atoms with Gasteiger partial charge in [-0.25, -0.2) is 4.98 Å². The zero-order valence-electron chi connectivity index (χ0n) is 18.2. The van der Waals surface area contributed by atoms with E-state index in [0.717, 1.165) is 30.4 Å². The number of hydrogen-bond donors (Lipinski definition) is 3. The maximum absolute atomic E-state index is 10.4. The maximum atomic E-state index is 10.4. The van der Waals surface area contributed by atoms with Crippen molar-refractivity contribution in [1.29, 1.82) is 0 Å². The fraction of sp³-hybridized carbons (Fsp3) is 0.737. The number of aryl methyl sites for hydroxylation is 2. The van der Waals surface area contributed by atoms with E-state index >= 15 is 0 Å². The molecule has 1 aromatic rings. The van der Waals surface area contributed by atoms with Gasteiger partial charge in [0.05, 0.1) is 31.3 Å². The minimum Gasteiger partial charge on any atom is -0.465 e. The molecule has 28 heavy (non-hydrogen) atoms. The van der Waals surface area contributed by atoms with Gasteiger partial charge in [0.25, 0.3) is 0 Å². The summed E-state index contributed by atoms with van der Waals surface area (Å²) in [6.07, 6.45) is 0. The first kappa shape index (κ1) is 26.0. The minimum atomic E-state index is -0.312. The number of imidazole rings is 1. The van der Waals surface area contributed by atoms with Crippen LogP contribution in [-0.2, 0) is 16.6 Å². The molecular weight excluding hydrogens is 362 g/mol. The van der Waals surface area contributed by atoms with Crippen molar-refractivity contribution in [2.24, 2.45) is 12.0 Å². The summed E-state index contributed by atoms with van der Waals surface area (Å²) in [5.74, 6) is 1.85. The van der Waals surface area contributed by atoms with E-state index in [-0.39, 0.29) is 19.2 Å². The van der Waals surface area contributed by atoms with E-state index in [2.05, 4.69) is 26.8 Å². The highest BCUT2D eigenvalue weighted by atomic mass is 16.5. The Kier molecular flexibility index (Phi) is 14.0. The van der Waals surface area contributed by atoms with Crippen molar-refractivity contribution in [1.82, 2.24) is 19.8 Å². The van der Waals surface area contributed by atoms with Crippen molar-refractivity contribution in [3.63, 3.8) is 0 Å². The van der Waals surface area contributed by atoms with Crippen molar-refractivity contribution < 1.29 is 19.7 Å². The maximum Gasteiger partial charge on any atom is 0.302 e.